The summed E-state index contributed by atoms with van der Waals surface area (Å²) in [6.45, 7) is 0. The van der Waals surface area contributed by atoms with E-state index in [1.54, 1.807) is 30.3 Å². The molecule has 0 bridgehead atoms. The molecule has 136 valence electrons. The maximum absolute atomic E-state index is 9.91. The Kier molecular flexibility index (Phi) is 3.85. The summed E-state index contributed by atoms with van der Waals surface area (Å²) in [4.78, 5) is 4.92. The Morgan fingerprint density at radius 3 is 2.39 bits per heavy atom. The minimum Gasteiger partial charge on any atom is -0.508 e. The average Bonchev–Trinajstić information content (AvgIpc) is 3.05. The van der Waals surface area contributed by atoms with Crippen molar-refractivity contribution in [3.05, 3.63) is 88.9 Å². The van der Waals surface area contributed by atoms with Gasteiger partial charge in [-0.3, -0.25) is 0 Å². The molecule has 0 fully saturated rings. The number of hydrogen-bond acceptors (Lipinski definition) is 3. The predicted octanol–water partition coefficient (Wildman–Crippen LogP) is 6.05. The summed E-state index contributed by atoms with van der Waals surface area (Å²) in [5, 5.41) is 20.5. The van der Waals surface area contributed by atoms with Gasteiger partial charge in [0.2, 0.25) is 0 Å². The van der Waals surface area contributed by atoms with Gasteiger partial charge in [0.25, 0.3) is 0 Å². The van der Waals surface area contributed by atoms with Gasteiger partial charge in [0, 0.05) is 28.1 Å². The van der Waals surface area contributed by atoms with Crippen LogP contribution in [0.4, 0.5) is 0 Å². The van der Waals surface area contributed by atoms with Gasteiger partial charge in [0.05, 0.1) is 11.4 Å². The number of benzene rings is 3. The van der Waals surface area contributed by atoms with E-state index < -0.39 is 0 Å². The second kappa shape index (κ2) is 6.39. The Hall–Kier alpha value is -3.30. The lowest BCUT2D eigenvalue weighted by Gasteiger charge is -2.13. The second-order valence-corrected chi connectivity index (χ2v) is 7.34. The summed E-state index contributed by atoms with van der Waals surface area (Å²) in [5.74, 6) is 0.448. The third-order valence-corrected chi connectivity index (χ3v) is 5.47. The molecule has 2 N–H and O–H groups in total. The number of aromatic nitrogens is 1. The number of phenols is 2. The molecule has 0 radical (unpaired) electrons. The fourth-order valence-electron chi connectivity index (χ4n) is 3.85. The first kappa shape index (κ1) is 16.8. The Balaban J connectivity index is 1.81. The number of hydrogen-bond donors (Lipinski definition) is 2. The predicted molar refractivity (Wildman–Crippen MR) is 112 cm³/mol. The highest BCUT2D eigenvalue weighted by Crippen LogP contribution is 2.44. The van der Waals surface area contributed by atoms with E-state index in [9.17, 15) is 10.2 Å². The molecular formula is C24H16ClNO2. The molecule has 4 aromatic rings. The Labute approximate surface area is 167 Å². The van der Waals surface area contributed by atoms with E-state index >= 15 is 0 Å². The maximum Gasteiger partial charge on any atom is 0.116 e. The van der Waals surface area contributed by atoms with Crippen LogP contribution in [0, 0.1) is 0 Å². The third-order valence-electron chi connectivity index (χ3n) is 5.14. The van der Waals surface area contributed by atoms with Crippen LogP contribution in [0.15, 0.2) is 72.8 Å². The molecule has 0 atom stereocenters. The summed E-state index contributed by atoms with van der Waals surface area (Å²) in [5.41, 5.74) is 7.62. The fourth-order valence-corrected chi connectivity index (χ4v) is 4.09. The van der Waals surface area contributed by atoms with Crippen LogP contribution in [-0.4, -0.2) is 15.2 Å². The van der Waals surface area contributed by atoms with Gasteiger partial charge in [-0.15, -0.1) is 0 Å². The van der Waals surface area contributed by atoms with Crippen molar-refractivity contribution in [3.63, 3.8) is 0 Å². The summed E-state index contributed by atoms with van der Waals surface area (Å²) in [6.07, 6.45) is 0.687. The summed E-state index contributed by atoms with van der Waals surface area (Å²) in [6, 6.07) is 22.3. The SMILES string of the molecule is Oc1cccc(-c2cc(-c3ccccc3Cl)c3c(n2)-c2ccc(O)cc2C3)c1. The van der Waals surface area contributed by atoms with Crippen LogP contribution in [0.3, 0.4) is 0 Å². The normalized spacial score (nSPS) is 11.9. The lowest BCUT2D eigenvalue weighted by molar-refractivity contribution is 0.474. The third kappa shape index (κ3) is 2.72. The van der Waals surface area contributed by atoms with Crippen LogP contribution in [0.1, 0.15) is 11.1 Å². The first-order valence-corrected chi connectivity index (χ1v) is 9.38. The number of pyridine rings is 1. The molecular weight excluding hydrogens is 370 g/mol. The zero-order chi connectivity index (χ0) is 19.3. The molecule has 0 saturated heterocycles. The number of aromatic hydroxyl groups is 2. The topological polar surface area (TPSA) is 53.4 Å². The smallest absolute Gasteiger partial charge is 0.116 e. The van der Waals surface area contributed by atoms with Crippen LogP contribution >= 0.6 is 11.6 Å². The fraction of sp³-hybridized carbons (Fsp3) is 0.0417. The number of rotatable bonds is 2. The van der Waals surface area contributed by atoms with Crippen molar-refractivity contribution in [2.75, 3.05) is 0 Å². The lowest BCUT2D eigenvalue weighted by Crippen LogP contribution is -1.95. The van der Waals surface area contributed by atoms with Crippen LogP contribution in [0.25, 0.3) is 33.6 Å². The molecule has 1 aromatic heterocycles. The lowest BCUT2D eigenvalue weighted by atomic mass is 9.96. The van der Waals surface area contributed by atoms with Crippen molar-refractivity contribution in [1.29, 1.82) is 0 Å². The molecule has 1 aliphatic carbocycles. The Morgan fingerprint density at radius 1 is 0.750 bits per heavy atom. The van der Waals surface area contributed by atoms with E-state index in [4.69, 9.17) is 16.6 Å². The minimum atomic E-state index is 0.199. The van der Waals surface area contributed by atoms with Gasteiger partial charge >= 0.3 is 0 Å². The van der Waals surface area contributed by atoms with Gasteiger partial charge < -0.3 is 10.2 Å². The number of nitrogens with zero attached hydrogens (tertiary/aromatic N) is 1. The molecule has 3 nitrogen and oxygen atoms in total. The van der Waals surface area contributed by atoms with E-state index in [0.29, 0.717) is 11.4 Å². The first-order chi connectivity index (χ1) is 13.6. The van der Waals surface area contributed by atoms with Gasteiger partial charge in [-0.1, -0.05) is 41.9 Å². The number of halogens is 1. The molecule has 0 spiro atoms. The highest BCUT2D eigenvalue weighted by molar-refractivity contribution is 6.33. The van der Waals surface area contributed by atoms with Gasteiger partial charge in [-0.05, 0) is 59.2 Å². The van der Waals surface area contributed by atoms with Gasteiger partial charge in [-0.25, -0.2) is 4.98 Å². The molecule has 28 heavy (non-hydrogen) atoms. The van der Waals surface area contributed by atoms with Gasteiger partial charge in [0.15, 0.2) is 0 Å². The quantitative estimate of drug-likeness (QED) is 0.389. The highest BCUT2D eigenvalue weighted by Gasteiger charge is 2.25. The van der Waals surface area contributed by atoms with Crippen molar-refractivity contribution in [2.24, 2.45) is 0 Å². The zero-order valence-electron chi connectivity index (χ0n) is 14.9. The Bertz CT molecular complexity index is 1230. The molecule has 5 rings (SSSR count). The van der Waals surface area contributed by atoms with E-state index in [2.05, 4.69) is 0 Å². The van der Waals surface area contributed by atoms with E-state index in [1.807, 2.05) is 42.5 Å². The minimum absolute atomic E-state index is 0.199. The number of fused-ring (bicyclic) bond motifs is 3. The van der Waals surface area contributed by atoms with Gasteiger partial charge in [-0.2, -0.15) is 0 Å². The molecule has 4 heteroatoms. The van der Waals surface area contributed by atoms with Crippen LogP contribution in [-0.2, 0) is 6.42 Å². The summed E-state index contributed by atoms with van der Waals surface area (Å²) < 4.78 is 0. The van der Waals surface area contributed by atoms with E-state index in [1.165, 1.54) is 0 Å². The Morgan fingerprint density at radius 2 is 1.57 bits per heavy atom. The summed E-state index contributed by atoms with van der Waals surface area (Å²) in [7, 11) is 0. The van der Waals surface area contributed by atoms with Crippen molar-refractivity contribution in [1.82, 2.24) is 4.98 Å². The van der Waals surface area contributed by atoms with Crippen molar-refractivity contribution >= 4 is 11.6 Å². The van der Waals surface area contributed by atoms with Crippen molar-refractivity contribution < 1.29 is 10.2 Å². The van der Waals surface area contributed by atoms with E-state index in [0.717, 1.165) is 44.8 Å². The molecule has 0 saturated carbocycles. The molecule has 0 unspecified atom stereocenters. The highest BCUT2D eigenvalue weighted by atomic mass is 35.5. The second-order valence-electron chi connectivity index (χ2n) is 6.93. The van der Waals surface area contributed by atoms with Crippen LogP contribution in [0.5, 0.6) is 11.5 Å². The first-order valence-electron chi connectivity index (χ1n) is 9.00. The number of phenolic OH excluding ortho intramolecular Hbond substituents is 2. The van der Waals surface area contributed by atoms with Crippen molar-refractivity contribution in [3.8, 4) is 45.1 Å². The average molecular weight is 386 g/mol. The van der Waals surface area contributed by atoms with E-state index in [-0.39, 0.29) is 11.5 Å². The van der Waals surface area contributed by atoms with Crippen molar-refractivity contribution in [2.45, 2.75) is 6.42 Å². The molecule has 0 aliphatic heterocycles. The van der Waals surface area contributed by atoms with Crippen LogP contribution in [0.2, 0.25) is 5.02 Å². The monoisotopic (exact) mass is 385 g/mol. The summed E-state index contributed by atoms with van der Waals surface area (Å²) >= 11 is 6.52. The molecule has 1 heterocycles. The van der Waals surface area contributed by atoms with Gasteiger partial charge in [0.1, 0.15) is 11.5 Å². The standard InChI is InChI=1S/C24H16ClNO2/c25-22-7-2-1-6-19(22)20-13-23(14-4-3-5-16(27)10-14)26-24-18-9-8-17(28)11-15(18)12-21(20)24/h1-11,13,27-28H,12H2. The van der Waals surface area contributed by atoms with Crippen LogP contribution < -0.4 is 0 Å². The largest absolute Gasteiger partial charge is 0.508 e. The molecule has 1 aliphatic rings. The maximum atomic E-state index is 9.91. The molecule has 0 amide bonds. The molecule has 3 aromatic carbocycles. The zero-order valence-corrected chi connectivity index (χ0v) is 15.6.